The molecule has 0 atom stereocenters. The number of para-hydroxylation sites is 2. The number of likely N-dealkylation sites (tertiary alicyclic amines) is 1. The molecule has 0 saturated carbocycles. The van der Waals surface area contributed by atoms with Crippen molar-refractivity contribution in [3.05, 3.63) is 60.4 Å². The number of aryl methyl sites for hydroxylation is 1. The van der Waals surface area contributed by atoms with Crippen molar-refractivity contribution in [2.45, 2.75) is 37.9 Å². The number of hydrogen-bond donors (Lipinski definition) is 0. The third-order valence-corrected chi connectivity index (χ3v) is 6.32. The summed E-state index contributed by atoms with van der Waals surface area (Å²) in [4.78, 5) is 14.7. The van der Waals surface area contributed by atoms with E-state index in [9.17, 15) is 4.79 Å². The van der Waals surface area contributed by atoms with Crippen LogP contribution in [0.25, 0.3) is 5.69 Å². The fourth-order valence-corrected chi connectivity index (χ4v) is 4.48. The number of carbonyl (C=O) groups excluding carboxylic acids is 1. The van der Waals surface area contributed by atoms with Gasteiger partial charge < -0.3 is 14.4 Å². The number of benzene rings is 2. The van der Waals surface area contributed by atoms with E-state index < -0.39 is 0 Å². The largest absolute Gasteiger partial charge is 0.490 e. The molecule has 2 heterocycles. The molecule has 0 spiro atoms. The van der Waals surface area contributed by atoms with Crippen LogP contribution < -0.4 is 9.47 Å². The highest BCUT2D eigenvalue weighted by Gasteiger charge is 2.25. The van der Waals surface area contributed by atoms with E-state index in [-0.39, 0.29) is 12.0 Å². The second-order valence-electron chi connectivity index (χ2n) is 7.69. The van der Waals surface area contributed by atoms with Crippen LogP contribution in [0.15, 0.2) is 60.0 Å². The highest BCUT2D eigenvalue weighted by molar-refractivity contribution is 7.99. The van der Waals surface area contributed by atoms with E-state index in [0.717, 1.165) is 30.0 Å². The van der Waals surface area contributed by atoms with Gasteiger partial charge in [0.2, 0.25) is 5.91 Å². The van der Waals surface area contributed by atoms with E-state index >= 15 is 0 Å². The molecular formula is C24H28N4O3S. The summed E-state index contributed by atoms with van der Waals surface area (Å²) in [7, 11) is 0. The van der Waals surface area contributed by atoms with Gasteiger partial charge in [0.05, 0.1) is 12.4 Å². The number of aromatic nitrogens is 3. The van der Waals surface area contributed by atoms with Crippen molar-refractivity contribution in [2.75, 3.05) is 25.4 Å². The molecule has 8 heteroatoms. The number of piperidine rings is 1. The summed E-state index contributed by atoms with van der Waals surface area (Å²) in [6, 6.07) is 15.9. The van der Waals surface area contributed by atoms with Gasteiger partial charge in [0, 0.05) is 31.6 Å². The van der Waals surface area contributed by atoms with Crippen LogP contribution in [0.1, 0.15) is 25.3 Å². The van der Waals surface area contributed by atoms with Crippen LogP contribution in [0, 0.1) is 6.92 Å². The van der Waals surface area contributed by atoms with Crippen molar-refractivity contribution in [1.29, 1.82) is 0 Å². The van der Waals surface area contributed by atoms with Gasteiger partial charge in [-0.15, -0.1) is 10.2 Å². The molecule has 32 heavy (non-hydrogen) atoms. The maximum absolute atomic E-state index is 12.8. The van der Waals surface area contributed by atoms with Crippen molar-refractivity contribution in [1.82, 2.24) is 19.7 Å². The Bertz CT molecular complexity index is 1030. The zero-order chi connectivity index (χ0) is 22.3. The Morgan fingerprint density at radius 3 is 2.53 bits per heavy atom. The van der Waals surface area contributed by atoms with Crippen LogP contribution in [0.4, 0.5) is 0 Å². The van der Waals surface area contributed by atoms with E-state index in [0.29, 0.717) is 30.6 Å². The molecule has 1 amide bonds. The monoisotopic (exact) mass is 452 g/mol. The minimum Gasteiger partial charge on any atom is -0.490 e. The quantitative estimate of drug-likeness (QED) is 0.479. The van der Waals surface area contributed by atoms with Crippen molar-refractivity contribution in [3.63, 3.8) is 0 Å². The first-order chi connectivity index (χ1) is 15.6. The molecule has 0 unspecified atom stereocenters. The van der Waals surface area contributed by atoms with Crippen LogP contribution in [-0.2, 0) is 4.79 Å². The molecule has 4 rings (SSSR count). The standard InChI is InChI=1S/C24H28N4O3S/c1-3-30-21-6-4-5-7-22(21)31-20-12-14-27(15-13-20)23(29)16-32-24-26-25-17-28(24)19-10-8-18(2)9-11-19/h4-11,17,20H,3,12-16H2,1-2H3. The summed E-state index contributed by atoms with van der Waals surface area (Å²) in [6.07, 6.45) is 3.37. The Hall–Kier alpha value is -3.00. The zero-order valence-corrected chi connectivity index (χ0v) is 19.3. The van der Waals surface area contributed by atoms with Crippen molar-refractivity contribution >= 4 is 17.7 Å². The Morgan fingerprint density at radius 1 is 1.09 bits per heavy atom. The fourth-order valence-electron chi connectivity index (χ4n) is 3.65. The SMILES string of the molecule is CCOc1ccccc1OC1CCN(C(=O)CSc2nncn2-c2ccc(C)cc2)CC1. The molecular weight excluding hydrogens is 424 g/mol. The maximum atomic E-state index is 12.8. The molecule has 2 aromatic carbocycles. The molecule has 0 aliphatic carbocycles. The van der Waals surface area contributed by atoms with Crippen LogP contribution in [0.5, 0.6) is 11.5 Å². The Balaban J connectivity index is 1.28. The van der Waals surface area contributed by atoms with E-state index in [4.69, 9.17) is 9.47 Å². The van der Waals surface area contributed by atoms with Crippen LogP contribution in [-0.4, -0.2) is 57.1 Å². The van der Waals surface area contributed by atoms with E-state index in [1.54, 1.807) is 6.33 Å². The van der Waals surface area contributed by atoms with Crippen LogP contribution in [0.2, 0.25) is 0 Å². The van der Waals surface area contributed by atoms with Gasteiger partial charge in [-0.2, -0.15) is 0 Å². The van der Waals surface area contributed by atoms with Crippen molar-refractivity contribution < 1.29 is 14.3 Å². The number of carbonyl (C=O) groups is 1. The normalized spacial score (nSPS) is 14.4. The lowest BCUT2D eigenvalue weighted by atomic mass is 10.1. The molecule has 3 aromatic rings. The molecule has 0 bridgehead atoms. The Labute approximate surface area is 192 Å². The lowest BCUT2D eigenvalue weighted by Gasteiger charge is -2.32. The number of hydrogen-bond acceptors (Lipinski definition) is 6. The first-order valence-electron chi connectivity index (χ1n) is 10.9. The third kappa shape index (κ3) is 5.43. The molecule has 168 valence electrons. The molecule has 7 nitrogen and oxygen atoms in total. The molecule has 1 fully saturated rings. The molecule has 0 radical (unpaired) electrons. The first kappa shape index (κ1) is 22.2. The van der Waals surface area contributed by atoms with Gasteiger partial charge in [0.15, 0.2) is 16.7 Å². The second-order valence-corrected chi connectivity index (χ2v) is 8.63. The van der Waals surface area contributed by atoms with E-state index in [2.05, 4.69) is 17.1 Å². The highest BCUT2D eigenvalue weighted by Crippen LogP contribution is 2.29. The summed E-state index contributed by atoms with van der Waals surface area (Å²) >= 11 is 1.42. The van der Waals surface area contributed by atoms with Gasteiger partial charge in [-0.3, -0.25) is 9.36 Å². The summed E-state index contributed by atoms with van der Waals surface area (Å²) in [5.41, 5.74) is 2.18. The molecule has 1 aliphatic rings. The summed E-state index contributed by atoms with van der Waals surface area (Å²) < 4.78 is 13.7. The van der Waals surface area contributed by atoms with Crippen molar-refractivity contribution in [3.8, 4) is 17.2 Å². The number of rotatable bonds is 8. The molecule has 1 aliphatic heterocycles. The van der Waals surface area contributed by atoms with Gasteiger partial charge in [-0.1, -0.05) is 41.6 Å². The summed E-state index contributed by atoms with van der Waals surface area (Å²) in [5.74, 6) is 1.98. The number of thioether (sulfide) groups is 1. The lowest BCUT2D eigenvalue weighted by Crippen LogP contribution is -2.42. The van der Waals surface area contributed by atoms with Crippen LogP contribution in [0.3, 0.4) is 0 Å². The molecule has 1 saturated heterocycles. The first-order valence-corrected chi connectivity index (χ1v) is 11.9. The number of amides is 1. The minimum absolute atomic E-state index is 0.0814. The predicted molar refractivity (Wildman–Crippen MR) is 125 cm³/mol. The minimum atomic E-state index is 0.0814. The lowest BCUT2D eigenvalue weighted by molar-refractivity contribution is -0.130. The van der Waals surface area contributed by atoms with E-state index in [1.165, 1.54) is 17.3 Å². The van der Waals surface area contributed by atoms with Gasteiger partial charge >= 0.3 is 0 Å². The highest BCUT2D eigenvalue weighted by atomic mass is 32.2. The number of nitrogens with zero attached hydrogens (tertiary/aromatic N) is 4. The molecule has 0 N–H and O–H groups in total. The Morgan fingerprint density at radius 2 is 1.81 bits per heavy atom. The van der Waals surface area contributed by atoms with Gasteiger partial charge in [0.1, 0.15) is 12.4 Å². The van der Waals surface area contributed by atoms with Gasteiger partial charge in [0.25, 0.3) is 0 Å². The zero-order valence-electron chi connectivity index (χ0n) is 18.4. The van der Waals surface area contributed by atoms with E-state index in [1.807, 2.05) is 64.9 Å². The smallest absolute Gasteiger partial charge is 0.233 e. The topological polar surface area (TPSA) is 69.5 Å². The average Bonchev–Trinajstić information content (AvgIpc) is 3.28. The number of ether oxygens (including phenoxy) is 2. The third-order valence-electron chi connectivity index (χ3n) is 5.39. The Kier molecular flexibility index (Phi) is 7.32. The van der Waals surface area contributed by atoms with Crippen LogP contribution >= 0.6 is 11.8 Å². The van der Waals surface area contributed by atoms with Gasteiger partial charge in [-0.05, 0) is 38.1 Å². The van der Waals surface area contributed by atoms with Gasteiger partial charge in [-0.25, -0.2) is 0 Å². The predicted octanol–water partition coefficient (Wildman–Crippen LogP) is 4.14. The second kappa shape index (κ2) is 10.5. The summed E-state index contributed by atoms with van der Waals surface area (Å²) in [6.45, 7) is 5.98. The average molecular weight is 453 g/mol. The fraction of sp³-hybridized carbons (Fsp3) is 0.375. The maximum Gasteiger partial charge on any atom is 0.233 e. The molecule has 1 aromatic heterocycles. The summed E-state index contributed by atoms with van der Waals surface area (Å²) in [5, 5.41) is 8.93. The van der Waals surface area contributed by atoms with Crippen molar-refractivity contribution in [2.24, 2.45) is 0 Å².